The number of carbonyl (C=O) groups is 3. The molecule has 10 nitrogen and oxygen atoms in total. The molecular weight excluding hydrogens is 576 g/mol. The van der Waals surface area contributed by atoms with Gasteiger partial charge in [-0.25, -0.2) is 4.79 Å². The van der Waals surface area contributed by atoms with Gasteiger partial charge in [0, 0.05) is 6.54 Å². The molecule has 0 unspecified atom stereocenters. The Bertz CT molecular complexity index is 1570. The number of phenolic OH excluding ortho intramolecular Hbond substituents is 2. The summed E-state index contributed by atoms with van der Waals surface area (Å²) in [5.74, 6) is -2.56. The molecule has 240 valence electrons. The van der Waals surface area contributed by atoms with Crippen molar-refractivity contribution in [3.05, 3.63) is 64.2 Å². The van der Waals surface area contributed by atoms with E-state index >= 15 is 0 Å². The summed E-state index contributed by atoms with van der Waals surface area (Å²) in [5, 5.41) is 28.2. The number of carbonyl (C=O) groups excluding carboxylic acids is 3. The Balaban J connectivity index is 2.09. The first kappa shape index (κ1) is 33.2. The number of esters is 1. The number of para-hydroxylation sites is 1. The van der Waals surface area contributed by atoms with Crippen molar-refractivity contribution in [3.63, 3.8) is 0 Å². The topological polar surface area (TPSA) is 143 Å². The largest absolute Gasteiger partial charge is 0.507 e. The number of unbranched alkanes of at least 4 members (excludes halogenated alkanes) is 3. The summed E-state index contributed by atoms with van der Waals surface area (Å²) in [6, 6.07) is 9.18. The van der Waals surface area contributed by atoms with Gasteiger partial charge in [-0.2, -0.15) is 0 Å². The van der Waals surface area contributed by atoms with E-state index in [1.807, 2.05) is 13.8 Å². The van der Waals surface area contributed by atoms with Crippen molar-refractivity contribution in [3.8, 4) is 23.0 Å². The van der Waals surface area contributed by atoms with Crippen LogP contribution in [0.1, 0.15) is 108 Å². The van der Waals surface area contributed by atoms with Crippen molar-refractivity contribution < 1.29 is 38.8 Å². The lowest BCUT2D eigenvalue weighted by molar-refractivity contribution is 0.0527. The lowest BCUT2D eigenvalue weighted by Crippen LogP contribution is -2.25. The summed E-state index contributed by atoms with van der Waals surface area (Å²) >= 11 is 0. The summed E-state index contributed by atoms with van der Waals surface area (Å²) in [6.45, 7) is 8.95. The summed E-state index contributed by atoms with van der Waals surface area (Å²) < 4.78 is 18.0. The lowest BCUT2D eigenvalue weighted by atomic mass is 9.81. The molecule has 4 N–H and O–H groups in total. The molecule has 0 bridgehead atoms. The molecule has 0 saturated carbocycles. The van der Waals surface area contributed by atoms with Gasteiger partial charge in [-0.05, 0) is 50.5 Å². The van der Waals surface area contributed by atoms with Crippen molar-refractivity contribution in [2.45, 2.75) is 66.2 Å². The maximum atomic E-state index is 14.3. The Morgan fingerprint density at radius 2 is 1.24 bits per heavy atom. The van der Waals surface area contributed by atoms with Crippen LogP contribution in [-0.4, -0.2) is 54.1 Å². The molecule has 10 heteroatoms. The van der Waals surface area contributed by atoms with Crippen LogP contribution >= 0.6 is 0 Å². The number of ether oxygens (including phenoxy) is 3. The van der Waals surface area contributed by atoms with Crippen LogP contribution in [0.5, 0.6) is 23.0 Å². The van der Waals surface area contributed by atoms with Gasteiger partial charge in [0.25, 0.3) is 0 Å². The number of fused-ring (bicyclic) bond motifs is 2. The second-order valence-electron chi connectivity index (χ2n) is 10.7. The maximum Gasteiger partial charge on any atom is 0.340 e. The monoisotopic (exact) mass is 618 g/mol. The van der Waals surface area contributed by atoms with Crippen molar-refractivity contribution in [1.82, 2.24) is 0 Å². The highest BCUT2D eigenvalue weighted by atomic mass is 16.5. The molecule has 3 aromatic rings. The van der Waals surface area contributed by atoms with Gasteiger partial charge in [-0.3, -0.25) is 9.59 Å². The Morgan fingerprint density at radius 3 is 1.78 bits per heavy atom. The van der Waals surface area contributed by atoms with E-state index in [0.717, 1.165) is 25.7 Å². The first-order valence-electron chi connectivity index (χ1n) is 15.7. The van der Waals surface area contributed by atoms with E-state index in [-0.39, 0.29) is 59.1 Å². The van der Waals surface area contributed by atoms with Crippen LogP contribution < -0.4 is 20.1 Å². The number of rotatable bonds is 16. The van der Waals surface area contributed by atoms with Crippen molar-refractivity contribution in [2.75, 3.05) is 37.0 Å². The van der Waals surface area contributed by atoms with Gasteiger partial charge in [-0.15, -0.1) is 0 Å². The smallest absolute Gasteiger partial charge is 0.340 e. The molecule has 45 heavy (non-hydrogen) atoms. The molecule has 0 fully saturated rings. The second-order valence-corrected chi connectivity index (χ2v) is 10.7. The fourth-order valence-electron chi connectivity index (χ4n) is 5.15. The van der Waals surface area contributed by atoms with Crippen LogP contribution in [0.25, 0.3) is 0 Å². The van der Waals surface area contributed by atoms with Crippen LogP contribution in [0, 0.1) is 0 Å². The van der Waals surface area contributed by atoms with E-state index in [0.29, 0.717) is 36.4 Å². The SMILES string of the molecule is CCCCNc1c(Nc2ccccc2C(=O)OCC)c(OCCCC)c2c(c1OCCCC)C(=O)c1c(O)ccc(O)c1C2=O. The molecule has 0 amide bonds. The molecule has 0 saturated heterocycles. The minimum atomic E-state index is -0.693. The van der Waals surface area contributed by atoms with E-state index in [1.165, 1.54) is 12.1 Å². The number of phenols is 2. The second kappa shape index (κ2) is 15.3. The van der Waals surface area contributed by atoms with Gasteiger partial charge in [-0.1, -0.05) is 52.2 Å². The molecule has 4 rings (SSSR count). The highest BCUT2D eigenvalue weighted by Gasteiger charge is 2.42. The Hall–Kier alpha value is -4.73. The molecule has 0 heterocycles. The molecule has 3 aromatic carbocycles. The van der Waals surface area contributed by atoms with Gasteiger partial charge >= 0.3 is 5.97 Å². The van der Waals surface area contributed by atoms with E-state index < -0.39 is 29.0 Å². The van der Waals surface area contributed by atoms with Crippen LogP contribution in [0.3, 0.4) is 0 Å². The number of benzene rings is 3. The zero-order valence-corrected chi connectivity index (χ0v) is 26.4. The average molecular weight is 619 g/mol. The number of nitrogens with one attached hydrogen (secondary N) is 2. The molecule has 1 aliphatic carbocycles. The normalized spacial score (nSPS) is 11.9. The van der Waals surface area contributed by atoms with Gasteiger partial charge in [0.15, 0.2) is 11.5 Å². The summed E-state index contributed by atoms with van der Waals surface area (Å²) in [5.41, 5.74) is 0.593. The Kier molecular flexibility index (Phi) is 11.3. The molecule has 0 spiro atoms. The van der Waals surface area contributed by atoms with Crippen molar-refractivity contribution >= 4 is 34.6 Å². The quantitative estimate of drug-likeness (QED) is 0.0571. The predicted molar refractivity (Wildman–Crippen MR) is 173 cm³/mol. The first-order chi connectivity index (χ1) is 21.8. The van der Waals surface area contributed by atoms with Crippen LogP contribution in [0.4, 0.5) is 17.1 Å². The van der Waals surface area contributed by atoms with Gasteiger partial charge in [0.05, 0.1) is 53.3 Å². The Morgan fingerprint density at radius 1 is 0.711 bits per heavy atom. The van der Waals surface area contributed by atoms with Crippen molar-refractivity contribution in [2.24, 2.45) is 0 Å². The number of anilines is 3. The number of ketones is 2. The van der Waals surface area contributed by atoms with E-state index in [4.69, 9.17) is 14.2 Å². The highest BCUT2D eigenvalue weighted by molar-refractivity contribution is 6.33. The molecule has 1 aliphatic rings. The molecule has 0 atom stereocenters. The third kappa shape index (κ3) is 6.84. The van der Waals surface area contributed by atoms with E-state index in [9.17, 15) is 24.6 Å². The zero-order chi connectivity index (χ0) is 32.5. The third-order valence-corrected chi connectivity index (χ3v) is 7.48. The van der Waals surface area contributed by atoms with Gasteiger partial charge in [0.1, 0.15) is 22.9 Å². The van der Waals surface area contributed by atoms with Gasteiger partial charge < -0.3 is 35.1 Å². The third-order valence-electron chi connectivity index (χ3n) is 7.48. The zero-order valence-electron chi connectivity index (χ0n) is 26.4. The number of aromatic hydroxyl groups is 2. The van der Waals surface area contributed by atoms with E-state index in [2.05, 4.69) is 17.6 Å². The van der Waals surface area contributed by atoms with Crippen molar-refractivity contribution in [1.29, 1.82) is 0 Å². The lowest BCUT2D eigenvalue weighted by Gasteiger charge is -2.29. The minimum Gasteiger partial charge on any atom is -0.507 e. The fraction of sp³-hybridized carbons (Fsp3) is 0.400. The highest BCUT2D eigenvalue weighted by Crippen LogP contribution is 2.53. The summed E-state index contributed by atoms with van der Waals surface area (Å²) in [6.07, 6.45) is 4.64. The van der Waals surface area contributed by atoms with Crippen LogP contribution in [-0.2, 0) is 4.74 Å². The van der Waals surface area contributed by atoms with Crippen LogP contribution in [0.2, 0.25) is 0 Å². The first-order valence-corrected chi connectivity index (χ1v) is 15.7. The summed E-state index contributed by atoms with van der Waals surface area (Å²) in [4.78, 5) is 41.5. The van der Waals surface area contributed by atoms with E-state index in [1.54, 1.807) is 31.2 Å². The summed E-state index contributed by atoms with van der Waals surface area (Å²) in [7, 11) is 0. The molecule has 0 radical (unpaired) electrons. The number of hydrogen-bond donors (Lipinski definition) is 4. The molecule has 0 aromatic heterocycles. The number of hydrogen-bond acceptors (Lipinski definition) is 10. The predicted octanol–water partition coefficient (Wildman–Crippen LogP) is 7.36. The average Bonchev–Trinajstić information content (AvgIpc) is 3.03. The molecule has 0 aliphatic heterocycles. The van der Waals surface area contributed by atoms with Gasteiger partial charge in [0.2, 0.25) is 11.6 Å². The Labute approximate surface area is 263 Å². The molecular formula is C35H42N2O8. The fourth-order valence-corrected chi connectivity index (χ4v) is 5.15. The standard InChI is InChI=1S/C35H42N2O8/c1-5-9-18-36-29-30(37-22-15-13-12-14-21(22)35(42)43-8-4)34(45-20-11-7-3)28-27(33(29)44-19-10-6-2)31(40)25-23(38)16-17-24(39)26(25)32(28)41/h12-17,36-39H,5-11,18-20H2,1-4H3. The minimum absolute atomic E-state index is 0.0563. The van der Waals surface area contributed by atoms with Crippen LogP contribution in [0.15, 0.2) is 36.4 Å². The maximum absolute atomic E-state index is 14.3.